The maximum Gasteiger partial charge on any atom is 0.340 e. The van der Waals surface area contributed by atoms with Gasteiger partial charge in [0, 0.05) is 16.6 Å². The normalized spacial score (nSPS) is 11.4. The van der Waals surface area contributed by atoms with E-state index in [-0.39, 0.29) is 6.61 Å². The number of anilines is 1. The van der Waals surface area contributed by atoms with Crippen LogP contribution in [-0.2, 0) is 14.8 Å². The molecule has 0 atom stereocenters. The summed E-state index contributed by atoms with van der Waals surface area (Å²) >= 11 is 0. The molecule has 27 heavy (non-hydrogen) atoms. The van der Waals surface area contributed by atoms with E-state index >= 15 is 0 Å². The van der Waals surface area contributed by atoms with Gasteiger partial charge in [-0.15, -0.1) is 0 Å². The molecule has 7 heteroatoms. The van der Waals surface area contributed by atoms with E-state index in [1.54, 1.807) is 32.0 Å². The summed E-state index contributed by atoms with van der Waals surface area (Å²) in [5.41, 5.74) is 3.51. The smallest absolute Gasteiger partial charge is 0.340 e. The molecule has 3 aromatic rings. The van der Waals surface area contributed by atoms with Gasteiger partial charge in [-0.2, -0.15) is 0 Å². The van der Waals surface area contributed by atoms with Crippen molar-refractivity contribution in [2.45, 2.75) is 13.8 Å². The van der Waals surface area contributed by atoms with Crippen LogP contribution in [0.5, 0.6) is 0 Å². The van der Waals surface area contributed by atoms with Crippen molar-refractivity contribution in [1.82, 2.24) is 4.98 Å². The molecule has 0 fully saturated rings. The Morgan fingerprint density at radius 1 is 1.15 bits per heavy atom. The molecule has 0 saturated heterocycles. The van der Waals surface area contributed by atoms with Gasteiger partial charge < -0.3 is 4.74 Å². The van der Waals surface area contributed by atoms with Crippen molar-refractivity contribution < 1.29 is 17.9 Å². The Labute approximate surface area is 158 Å². The number of carbonyl (C=O) groups is 1. The summed E-state index contributed by atoms with van der Waals surface area (Å²) in [6, 6.07) is 14.5. The van der Waals surface area contributed by atoms with Crippen LogP contribution in [0.4, 0.5) is 5.69 Å². The lowest BCUT2D eigenvalue weighted by molar-refractivity contribution is 0.0526. The molecule has 1 heterocycles. The van der Waals surface area contributed by atoms with Gasteiger partial charge in [0.05, 0.1) is 29.6 Å². The highest BCUT2D eigenvalue weighted by atomic mass is 32.2. The molecule has 0 radical (unpaired) electrons. The number of aromatic nitrogens is 1. The molecule has 2 aromatic carbocycles. The van der Waals surface area contributed by atoms with E-state index in [1.165, 1.54) is 0 Å². The minimum atomic E-state index is -3.43. The number of ether oxygens (including phenoxy) is 1. The van der Waals surface area contributed by atoms with Gasteiger partial charge in [0.1, 0.15) is 0 Å². The van der Waals surface area contributed by atoms with Crippen LogP contribution in [0.25, 0.3) is 22.0 Å². The van der Waals surface area contributed by atoms with Gasteiger partial charge >= 0.3 is 5.97 Å². The summed E-state index contributed by atoms with van der Waals surface area (Å²) in [4.78, 5) is 17.2. The molecule has 1 N–H and O–H groups in total. The fourth-order valence-electron chi connectivity index (χ4n) is 3.02. The predicted octanol–water partition coefficient (Wildman–Crippen LogP) is 3.76. The van der Waals surface area contributed by atoms with Gasteiger partial charge in [-0.25, -0.2) is 13.2 Å². The fourth-order valence-corrected chi connectivity index (χ4v) is 3.58. The summed E-state index contributed by atoms with van der Waals surface area (Å²) in [6.45, 7) is 3.76. The van der Waals surface area contributed by atoms with Crippen molar-refractivity contribution in [3.63, 3.8) is 0 Å². The highest BCUT2D eigenvalue weighted by Gasteiger charge is 2.21. The Hall–Kier alpha value is -2.93. The van der Waals surface area contributed by atoms with Crippen LogP contribution in [0.1, 0.15) is 23.0 Å². The number of nitrogens with one attached hydrogen (secondary N) is 1. The zero-order valence-electron chi connectivity index (χ0n) is 15.3. The largest absolute Gasteiger partial charge is 0.462 e. The molecule has 6 nitrogen and oxygen atoms in total. The van der Waals surface area contributed by atoms with Crippen molar-refractivity contribution in [3.05, 3.63) is 59.8 Å². The number of sulfonamides is 1. The van der Waals surface area contributed by atoms with Crippen molar-refractivity contribution in [3.8, 4) is 11.1 Å². The first-order valence-corrected chi connectivity index (χ1v) is 10.3. The maximum atomic E-state index is 12.6. The van der Waals surface area contributed by atoms with E-state index in [0.29, 0.717) is 33.4 Å². The molecule has 0 saturated carbocycles. The summed E-state index contributed by atoms with van der Waals surface area (Å²) in [5, 5.41) is 0.670. The average Bonchev–Trinajstić information content (AvgIpc) is 2.60. The molecule has 0 unspecified atom stereocenters. The van der Waals surface area contributed by atoms with E-state index in [2.05, 4.69) is 9.71 Å². The van der Waals surface area contributed by atoms with Gasteiger partial charge in [0.25, 0.3) is 0 Å². The van der Waals surface area contributed by atoms with Crippen LogP contribution in [0, 0.1) is 6.92 Å². The summed E-state index contributed by atoms with van der Waals surface area (Å²) < 4.78 is 30.9. The first-order chi connectivity index (χ1) is 12.8. The number of hydrogen-bond donors (Lipinski definition) is 1. The second-order valence-corrected chi connectivity index (χ2v) is 7.89. The van der Waals surface area contributed by atoms with Gasteiger partial charge in [-0.1, -0.05) is 30.3 Å². The van der Waals surface area contributed by atoms with E-state index in [4.69, 9.17) is 4.74 Å². The molecule has 3 rings (SSSR count). The molecule has 0 bridgehead atoms. The maximum absolute atomic E-state index is 12.6. The number of rotatable bonds is 5. The quantitative estimate of drug-likeness (QED) is 0.677. The van der Waals surface area contributed by atoms with Crippen molar-refractivity contribution in [2.75, 3.05) is 17.6 Å². The number of benzene rings is 2. The average molecular weight is 384 g/mol. The van der Waals surface area contributed by atoms with Crippen LogP contribution in [0.15, 0.2) is 48.5 Å². The lowest BCUT2D eigenvalue weighted by Crippen LogP contribution is -2.12. The molecule has 0 spiro atoms. The lowest BCUT2D eigenvalue weighted by Gasteiger charge is -2.16. The van der Waals surface area contributed by atoms with E-state index < -0.39 is 16.0 Å². The molecule has 1 aromatic heterocycles. The Morgan fingerprint density at radius 2 is 1.85 bits per heavy atom. The summed E-state index contributed by atoms with van der Waals surface area (Å²) in [6.07, 6.45) is 1.09. The Balaban J connectivity index is 2.36. The van der Waals surface area contributed by atoms with Crippen LogP contribution >= 0.6 is 0 Å². The second kappa shape index (κ2) is 7.36. The highest BCUT2D eigenvalue weighted by Crippen LogP contribution is 2.35. The highest BCUT2D eigenvalue weighted by molar-refractivity contribution is 7.92. The number of hydrogen-bond acceptors (Lipinski definition) is 5. The van der Waals surface area contributed by atoms with Crippen LogP contribution in [0.3, 0.4) is 0 Å². The summed E-state index contributed by atoms with van der Waals surface area (Å²) in [5.74, 6) is -0.454. The molecular weight excluding hydrogens is 364 g/mol. The number of aryl methyl sites for hydroxylation is 1. The van der Waals surface area contributed by atoms with Crippen LogP contribution in [0.2, 0.25) is 0 Å². The van der Waals surface area contributed by atoms with Crippen molar-refractivity contribution >= 4 is 32.6 Å². The Bertz CT molecular complexity index is 1110. The van der Waals surface area contributed by atoms with E-state index in [9.17, 15) is 13.2 Å². The lowest BCUT2D eigenvalue weighted by atomic mass is 9.94. The number of pyridine rings is 1. The molecule has 0 aliphatic heterocycles. The monoisotopic (exact) mass is 384 g/mol. The third-order valence-corrected chi connectivity index (χ3v) is 4.62. The minimum Gasteiger partial charge on any atom is -0.462 e. The minimum absolute atomic E-state index is 0.250. The van der Waals surface area contributed by atoms with Gasteiger partial charge in [0.15, 0.2) is 0 Å². The first-order valence-electron chi connectivity index (χ1n) is 8.45. The zero-order valence-corrected chi connectivity index (χ0v) is 16.1. The zero-order chi connectivity index (χ0) is 19.6. The number of carbonyl (C=O) groups excluding carboxylic acids is 1. The van der Waals surface area contributed by atoms with Crippen LogP contribution in [-0.4, -0.2) is 32.2 Å². The predicted molar refractivity (Wildman–Crippen MR) is 106 cm³/mol. The SMILES string of the molecule is CCOC(=O)c1c(C)nc2ccc(NS(C)(=O)=O)cc2c1-c1ccccc1. The third kappa shape index (κ3) is 4.09. The standard InChI is InChI=1S/C20H20N2O4S/c1-4-26-20(23)18-13(2)21-17-11-10-15(22-27(3,24)25)12-16(17)19(18)14-8-6-5-7-9-14/h5-12,22H,4H2,1-3H3. The topological polar surface area (TPSA) is 85.4 Å². The Kier molecular flexibility index (Phi) is 5.14. The molecule has 0 aliphatic rings. The van der Waals surface area contributed by atoms with E-state index in [0.717, 1.165) is 11.8 Å². The summed E-state index contributed by atoms with van der Waals surface area (Å²) in [7, 11) is -3.43. The van der Waals surface area contributed by atoms with E-state index in [1.807, 2.05) is 30.3 Å². The van der Waals surface area contributed by atoms with Crippen molar-refractivity contribution in [2.24, 2.45) is 0 Å². The molecule has 0 amide bonds. The Morgan fingerprint density at radius 3 is 2.48 bits per heavy atom. The fraction of sp³-hybridized carbons (Fsp3) is 0.200. The number of nitrogens with zero attached hydrogens (tertiary/aromatic N) is 1. The molecule has 140 valence electrons. The second-order valence-electron chi connectivity index (χ2n) is 6.14. The molecular formula is C20H20N2O4S. The van der Waals surface area contributed by atoms with Gasteiger partial charge in [0.2, 0.25) is 10.0 Å². The first kappa shape index (κ1) is 18.8. The van der Waals surface area contributed by atoms with Crippen molar-refractivity contribution in [1.29, 1.82) is 0 Å². The number of fused-ring (bicyclic) bond motifs is 1. The number of esters is 1. The molecule has 0 aliphatic carbocycles. The third-order valence-electron chi connectivity index (χ3n) is 4.01. The van der Waals surface area contributed by atoms with Gasteiger partial charge in [-0.05, 0) is 37.6 Å². The van der Waals surface area contributed by atoms with Crippen LogP contribution < -0.4 is 4.72 Å². The van der Waals surface area contributed by atoms with Gasteiger partial charge in [-0.3, -0.25) is 9.71 Å².